The van der Waals surface area contributed by atoms with Crippen LogP contribution in [-0.2, 0) is 4.79 Å². The number of amides is 1. The summed E-state index contributed by atoms with van der Waals surface area (Å²) in [6.07, 6.45) is 4.93. The van der Waals surface area contributed by atoms with Crippen LogP contribution >= 0.6 is 0 Å². The van der Waals surface area contributed by atoms with Crippen molar-refractivity contribution < 1.29 is 9.53 Å². The summed E-state index contributed by atoms with van der Waals surface area (Å²) in [5.74, 6) is 0.894. The van der Waals surface area contributed by atoms with E-state index < -0.39 is 0 Å². The largest absolute Gasteiger partial charge is 0.449 e. The molecule has 3 rings (SSSR count). The molecule has 0 saturated carbocycles. The Bertz CT molecular complexity index is 753. The quantitative estimate of drug-likeness (QED) is 0.509. The van der Waals surface area contributed by atoms with Gasteiger partial charge in [0, 0.05) is 12.2 Å². The number of benzene rings is 2. The molecule has 2 aromatic carbocycles. The number of anilines is 2. The number of carbonyl (C=O) groups excluding carboxylic acids is 1. The molecule has 24 heavy (non-hydrogen) atoms. The van der Waals surface area contributed by atoms with Crippen molar-refractivity contribution in [1.82, 2.24) is 0 Å². The molecule has 0 unspecified atom stereocenters. The van der Waals surface area contributed by atoms with E-state index in [2.05, 4.69) is 6.92 Å². The number of hydrogen-bond donors (Lipinski definition) is 1. The maximum atomic E-state index is 12.9. The second-order valence-electron chi connectivity index (χ2n) is 5.91. The maximum Gasteiger partial charge on any atom is 0.294 e. The number of ether oxygens (including phenoxy) is 1. The summed E-state index contributed by atoms with van der Waals surface area (Å²) >= 11 is 0. The van der Waals surface area contributed by atoms with Crippen LogP contribution < -0.4 is 15.4 Å². The third-order valence-electron chi connectivity index (χ3n) is 4.03. The van der Waals surface area contributed by atoms with Crippen LogP contribution in [0.15, 0.2) is 54.3 Å². The lowest BCUT2D eigenvalue weighted by Gasteiger charge is -2.30. The number of fused-ring (bicyclic) bond motifs is 1. The van der Waals surface area contributed by atoms with E-state index in [1.54, 1.807) is 23.1 Å². The molecular weight excluding hydrogens is 300 g/mol. The first kappa shape index (κ1) is 16.1. The zero-order chi connectivity index (χ0) is 16.9. The Labute approximate surface area is 142 Å². The normalized spacial score (nSPS) is 15.3. The topological polar surface area (TPSA) is 55.6 Å². The minimum atomic E-state index is -0.118. The van der Waals surface area contributed by atoms with Gasteiger partial charge in [-0.2, -0.15) is 0 Å². The van der Waals surface area contributed by atoms with Crippen molar-refractivity contribution in [2.45, 2.75) is 26.2 Å². The molecule has 2 aromatic rings. The van der Waals surface area contributed by atoms with Crippen LogP contribution in [-0.4, -0.2) is 12.5 Å². The minimum absolute atomic E-state index is 0.118. The van der Waals surface area contributed by atoms with Crippen molar-refractivity contribution in [3.05, 3.63) is 59.9 Å². The van der Waals surface area contributed by atoms with Crippen LogP contribution in [0.1, 0.15) is 31.7 Å². The highest BCUT2D eigenvalue weighted by atomic mass is 16.5. The first-order valence-electron chi connectivity index (χ1n) is 8.35. The van der Waals surface area contributed by atoms with E-state index in [1.165, 1.54) is 0 Å². The molecule has 0 bridgehead atoms. The molecular formula is C20H22N2O2. The average Bonchev–Trinajstić information content (AvgIpc) is 2.59. The summed E-state index contributed by atoms with van der Waals surface area (Å²) in [4.78, 5) is 14.7. The van der Waals surface area contributed by atoms with E-state index in [9.17, 15) is 4.79 Å². The lowest BCUT2D eigenvalue weighted by Crippen LogP contribution is -2.38. The zero-order valence-electron chi connectivity index (χ0n) is 13.9. The summed E-state index contributed by atoms with van der Waals surface area (Å²) in [5, 5.41) is 0. The molecule has 0 aliphatic carbocycles. The van der Waals surface area contributed by atoms with Gasteiger partial charge in [-0.05, 0) is 36.3 Å². The van der Waals surface area contributed by atoms with Crippen LogP contribution in [0.5, 0.6) is 5.75 Å². The summed E-state index contributed by atoms with van der Waals surface area (Å²) in [7, 11) is 0. The Morgan fingerprint density at radius 3 is 2.67 bits per heavy atom. The molecule has 4 heteroatoms. The molecule has 0 saturated heterocycles. The van der Waals surface area contributed by atoms with Gasteiger partial charge in [0.25, 0.3) is 5.91 Å². The minimum Gasteiger partial charge on any atom is -0.449 e. The van der Waals surface area contributed by atoms with E-state index in [0.717, 1.165) is 30.5 Å². The Balaban J connectivity index is 1.96. The third kappa shape index (κ3) is 3.43. The second-order valence-corrected chi connectivity index (χ2v) is 5.91. The summed E-state index contributed by atoms with van der Waals surface area (Å²) in [5.41, 5.74) is 8.21. The first-order chi connectivity index (χ1) is 11.7. The summed E-state index contributed by atoms with van der Waals surface area (Å²) in [6, 6.07) is 15.1. The fourth-order valence-electron chi connectivity index (χ4n) is 2.77. The Morgan fingerprint density at radius 1 is 1.12 bits per heavy atom. The van der Waals surface area contributed by atoms with E-state index in [1.807, 2.05) is 36.4 Å². The van der Waals surface area contributed by atoms with Crippen LogP contribution in [0.2, 0.25) is 0 Å². The molecule has 1 aliphatic heterocycles. The van der Waals surface area contributed by atoms with Gasteiger partial charge in [-0.25, -0.2) is 0 Å². The number of unbranched alkanes of at least 4 members (excludes halogenated alkanes) is 2. The number of nitrogen functional groups attached to an aromatic ring is 1. The molecule has 1 heterocycles. The van der Waals surface area contributed by atoms with E-state index >= 15 is 0 Å². The van der Waals surface area contributed by atoms with Crippen molar-refractivity contribution >= 4 is 23.4 Å². The zero-order valence-corrected chi connectivity index (χ0v) is 13.9. The van der Waals surface area contributed by atoms with Crippen molar-refractivity contribution in [3.8, 4) is 5.75 Å². The van der Waals surface area contributed by atoms with Gasteiger partial charge in [-0.15, -0.1) is 0 Å². The van der Waals surface area contributed by atoms with Crippen LogP contribution in [0.25, 0.3) is 6.08 Å². The number of nitrogens with zero attached hydrogens (tertiary/aromatic N) is 1. The van der Waals surface area contributed by atoms with Crippen molar-refractivity contribution in [1.29, 1.82) is 0 Å². The van der Waals surface area contributed by atoms with Crippen molar-refractivity contribution in [2.24, 2.45) is 0 Å². The fraction of sp³-hybridized carbons (Fsp3) is 0.250. The van der Waals surface area contributed by atoms with Gasteiger partial charge < -0.3 is 15.4 Å². The van der Waals surface area contributed by atoms with Crippen LogP contribution in [0.3, 0.4) is 0 Å². The van der Waals surface area contributed by atoms with Crippen molar-refractivity contribution in [2.75, 3.05) is 17.2 Å². The van der Waals surface area contributed by atoms with Crippen molar-refractivity contribution in [3.63, 3.8) is 0 Å². The van der Waals surface area contributed by atoms with Crippen LogP contribution in [0.4, 0.5) is 11.4 Å². The molecule has 0 atom stereocenters. The molecule has 1 aliphatic rings. The highest BCUT2D eigenvalue weighted by Crippen LogP contribution is 2.37. The monoisotopic (exact) mass is 322 g/mol. The lowest BCUT2D eigenvalue weighted by molar-refractivity contribution is -0.117. The Hall–Kier alpha value is -2.75. The van der Waals surface area contributed by atoms with Gasteiger partial charge in [-0.1, -0.05) is 50.1 Å². The van der Waals surface area contributed by atoms with Gasteiger partial charge in [0.05, 0.1) is 5.69 Å². The van der Waals surface area contributed by atoms with Crippen LogP contribution in [0, 0.1) is 0 Å². The molecule has 124 valence electrons. The van der Waals surface area contributed by atoms with Gasteiger partial charge in [-0.3, -0.25) is 4.79 Å². The molecule has 0 aromatic heterocycles. The third-order valence-corrected chi connectivity index (χ3v) is 4.03. The average molecular weight is 322 g/mol. The van der Waals surface area contributed by atoms with Gasteiger partial charge in [0.15, 0.2) is 11.5 Å². The molecule has 2 N–H and O–H groups in total. The molecule has 4 nitrogen and oxygen atoms in total. The predicted molar refractivity (Wildman–Crippen MR) is 97.8 cm³/mol. The highest BCUT2D eigenvalue weighted by molar-refractivity contribution is 6.10. The maximum absolute atomic E-state index is 12.9. The predicted octanol–water partition coefficient (Wildman–Crippen LogP) is 4.23. The highest BCUT2D eigenvalue weighted by Gasteiger charge is 2.30. The number of rotatable bonds is 5. The number of hydrogen-bond acceptors (Lipinski definition) is 3. The SMILES string of the molecule is CCCCCN1C(=O)/C(=C\c2ccccc2)Oc2ccc(N)cc21. The number of carbonyl (C=O) groups is 1. The van der Waals surface area contributed by atoms with Gasteiger partial charge >= 0.3 is 0 Å². The molecule has 0 fully saturated rings. The van der Waals surface area contributed by atoms with E-state index in [0.29, 0.717) is 23.7 Å². The Morgan fingerprint density at radius 2 is 1.92 bits per heavy atom. The molecule has 0 radical (unpaired) electrons. The summed E-state index contributed by atoms with van der Waals surface area (Å²) < 4.78 is 5.85. The van der Waals surface area contributed by atoms with E-state index in [-0.39, 0.29) is 5.91 Å². The fourth-order valence-corrected chi connectivity index (χ4v) is 2.77. The van der Waals surface area contributed by atoms with E-state index in [4.69, 9.17) is 10.5 Å². The lowest BCUT2D eigenvalue weighted by atomic mass is 10.1. The standard InChI is InChI=1S/C20H22N2O2/c1-2-3-7-12-22-17-14-16(21)10-11-18(17)24-19(20(22)23)13-15-8-5-4-6-9-15/h4-6,8-11,13-14H,2-3,7,12,21H2,1H3/b19-13+. The van der Waals surface area contributed by atoms with Gasteiger partial charge in [0.2, 0.25) is 0 Å². The van der Waals surface area contributed by atoms with Gasteiger partial charge in [0.1, 0.15) is 0 Å². The second kappa shape index (κ2) is 7.21. The first-order valence-corrected chi connectivity index (χ1v) is 8.35. The smallest absolute Gasteiger partial charge is 0.294 e. The molecule has 1 amide bonds. The molecule has 0 spiro atoms. The number of nitrogens with two attached hydrogens (primary N) is 1. The Kier molecular flexibility index (Phi) is 4.85. The summed E-state index contributed by atoms with van der Waals surface area (Å²) in [6.45, 7) is 2.81.